The maximum absolute atomic E-state index is 13.3. The third-order valence-electron chi connectivity index (χ3n) is 4.47. The highest BCUT2D eigenvalue weighted by atomic mass is 32.2. The van der Waals surface area contributed by atoms with Crippen LogP contribution < -0.4 is 5.32 Å². The zero-order valence-electron chi connectivity index (χ0n) is 15.1. The highest BCUT2D eigenvalue weighted by molar-refractivity contribution is 7.88. The molecular formula is C17H27FN4O2S. The summed E-state index contributed by atoms with van der Waals surface area (Å²) in [7, 11) is 0.542. The molecule has 2 rings (SSSR count). The Labute approximate surface area is 149 Å². The number of nitrogens with zero attached hydrogens (tertiary/aromatic N) is 3. The second kappa shape index (κ2) is 8.62. The lowest BCUT2D eigenvalue weighted by Crippen LogP contribution is -2.44. The van der Waals surface area contributed by atoms with E-state index in [9.17, 15) is 12.8 Å². The average Bonchev–Trinajstić information content (AvgIpc) is 2.55. The third-order valence-corrected chi connectivity index (χ3v) is 5.78. The number of hydrogen-bond donors (Lipinski definition) is 1. The summed E-state index contributed by atoms with van der Waals surface area (Å²) in [6, 6.07) is 6.53. The van der Waals surface area contributed by atoms with Crippen molar-refractivity contribution >= 4 is 16.0 Å². The Morgan fingerprint density at radius 2 is 2.08 bits per heavy atom. The van der Waals surface area contributed by atoms with Gasteiger partial charge in [-0.15, -0.1) is 0 Å². The van der Waals surface area contributed by atoms with E-state index < -0.39 is 10.0 Å². The second-order valence-corrected chi connectivity index (χ2v) is 8.50. The standard InChI is InChI=1S/C17H27FN4O2S/c1-19-17(21(2)13-15-5-4-6-16(18)11-15)20-12-14-7-9-22(10-8-14)25(3,23)24/h4-6,11,14H,7-10,12-13H2,1-3H3,(H,19,20). The molecule has 0 aromatic heterocycles. The van der Waals surface area contributed by atoms with Gasteiger partial charge in [-0.2, -0.15) is 0 Å². The topological polar surface area (TPSA) is 65.0 Å². The normalized spacial score (nSPS) is 17.5. The van der Waals surface area contributed by atoms with Gasteiger partial charge in [0.25, 0.3) is 0 Å². The highest BCUT2D eigenvalue weighted by Crippen LogP contribution is 2.18. The number of benzene rings is 1. The van der Waals surface area contributed by atoms with E-state index in [0.29, 0.717) is 25.6 Å². The van der Waals surface area contributed by atoms with Crippen molar-refractivity contribution in [2.75, 3.05) is 40.0 Å². The Kier molecular flexibility index (Phi) is 6.78. The summed E-state index contributed by atoms with van der Waals surface area (Å²) in [6.07, 6.45) is 2.93. The molecule has 1 aliphatic heterocycles. The van der Waals surface area contributed by atoms with E-state index in [1.807, 2.05) is 18.0 Å². The molecule has 0 aliphatic carbocycles. The molecule has 1 fully saturated rings. The first kappa shape index (κ1) is 19.7. The Morgan fingerprint density at radius 1 is 1.40 bits per heavy atom. The molecule has 1 heterocycles. The van der Waals surface area contributed by atoms with Gasteiger partial charge in [0.2, 0.25) is 10.0 Å². The summed E-state index contributed by atoms with van der Waals surface area (Å²) in [4.78, 5) is 6.22. The van der Waals surface area contributed by atoms with Crippen LogP contribution in [0.3, 0.4) is 0 Å². The molecule has 8 heteroatoms. The minimum Gasteiger partial charge on any atom is -0.356 e. The molecular weight excluding hydrogens is 343 g/mol. The van der Waals surface area contributed by atoms with Crippen LogP contribution in [0.15, 0.2) is 29.3 Å². The summed E-state index contributed by atoms with van der Waals surface area (Å²) in [6.45, 7) is 2.45. The quantitative estimate of drug-likeness (QED) is 0.630. The zero-order chi connectivity index (χ0) is 18.4. The summed E-state index contributed by atoms with van der Waals surface area (Å²) < 4.78 is 37.9. The molecule has 140 valence electrons. The molecule has 0 atom stereocenters. The van der Waals surface area contributed by atoms with Crippen LogP contribution in [0.1, 0.15) is 18.4 Å². The number of guanidine groups is 1. The van der Waals surface area contributed by atoms with E-state index in [0.717, 1.165) is 30.9 Å². The van der Waals surface area contributed by atoms with Gasteiger partial charge in [0.05, 0.1) is 6.26 Å². The van der Waals surface area contributed by atoms with Crippen LogP contribution in [0.5, 0.6) is 0 Å². The highest BCUT2D eigenvalue weighted by Gasteiger charge is 2.25. The molecule has 0 unspecified atom stereocenters. The number of aliphatic imine (C=N–C) groups is 1. The fraction of sp³-hybridized carbons (Fsp3) is 0.588. The van der Waals surface area contributed by atoms with Gasteiger partial charge < -0.3 is 10.2 Å². The van der Waals surface area contributed by atoms with Gasteiger partial charge in [0, 0.05) is 40.3 Å². The number of nitrogens with one attached hydrogen (secondary N) is 1. The van der Waals surface area contributed by atoms with Crippen molar-refractivity contribution in [3.8, 4) is 0 Å². The smallest absolute Gasteiger partial charge is 0.211 e. The summed E-state index contributed by atoms with van der Waals surface area (Å²) in [5, 5.41) is 3.34. The summed E-state index contributed by atoms with van der Waals surface area (Å²) in [5.74, 6) is 0.915. The lowest BCUT2D eigenvalue weighted by molar-refractivity contribution is 0.273. The molecule has 1 aromatic carbocycles. The minimum atomic E-state index is -3.09. The van der Waals surface area contributed by atoms with Crippen LogP contribution in [0.25, 0.3) is 0 Å². The Balaban J connectivity index is 1.82. The number of halogens is 1. The largest absolute Gasteiger partial charge is 0.356 e. The molecule has 1 N–H and O–H groups in total. The van der Waals surface area contributed by atoms with E-state index >= 15 is 0 Å². The van der Waals surface area contributed by atoms with Crippen molar-refractivity contribution in [3.05, 3.63) is 35.6 Å². The SMILES string of the molecule is CN=C(NCC1CCN(S(C)(=O)=O)CC1)N(C)Cc1cccc(F)c1. The first-order chi connectivity index (χ1) is 11.8. The molecule has 1 saturated heterocycles. The van der Waals surface area contributed by atoms with Crippen LogP contribution in [0.2, 0.25) is 0 Å². The van der Waals surface area contributed by atoms with Crippen LogP contribution in [-0.2, 0) is 16.6 Å². The predicted octanol–water partition coefficient (Wildman–Crippen LogP) is 1.50. The van der Waals surface area contributed by atoms with Crippen LogP contribution in [0, 0.1) is 11.7 Å². The maximum atomic E-state index is 13.3. The zero-order valence-corrected chi connectivity index (χ0v) is 15.9. The lowest BCUT2D eigenvalue weighted by atomic mass is 9.98. The van der Waals surface area contributed by atoms with Crippen molar-refractivity contribution in [3.63, 3.8) is 0 Å². The van der Waals surface area contributed by atoms with Crippen molar-refractivity contribution in [1.82, 2.24) is 14.5 Å². The van der Waals surface area contributed by atoms with E-state index in [-0.39, 0.29) is 5.82 Å². The molecule has 0 bridgehead atoms. The van der Waals surface area contributed by atoms with E-state index in [4.69, 9.17) is 0 Å². The molecule has 0 amide bonds. The monoisotopic (exact) mass is 370 g/mol. The minimum absolute atomic E-state index is 0.244. The van der Waals surface area contributed by atoms with Crippen LogP contribution in [0.4, 0.5) is 4.39 Å². The van der Waals surface area contributed by atoms with Crippen molar-refractivity contribution in [2.24, 2.45) is 10.9 Å². The molecule has 25 heavy (non-hydrogen) atoms. The Hall–Kier alpha value is -1.67. The molecule has 1 aromatic rings. The van der Waals surface area contributed by atoms with Crippen LogP contribution >= 0.6 is 0 Å². The van der Waals surface area contributed by atoms with Gasteiger partial charge in [0.15, 0.2) is 5.96 Å². The first-order valence-electron chi connectivity index (χ1n) is 8.41. The van der Waals surface area contributed by atoms with Gasteiger partial charge in [-0.3, -0.25) is 4.99 Å². The van der Waals surface area contributed by atoms with E-state index in [1.165, 1.54) is 22.7 Å². The van der Waals surface area contributed by atoms with Crippen molar-refractivity contribution in [1.29, 1.82) is 0 Å². The third kappa shape index (κ3) is 5.97. The molecule has 0 spiro atoms. The number of sulfonamides is 1. The molecule has 0 radical (unpaired) electrons. The Bertz CT molecular complexity index is 700. The van der Waals surface area contributed by atoms with E-state index in [1.54, 1.807) is 13.1 Å². The van der Waals surface area contributed by atoms with Crippen LogP contribution in [-0.4, -0.2) is 63.6 Å². The number of piperidine rings is 1. The molecule has 0 saturated carbocycles. The molecule has 1 aliphatic rings. The average molecular weight is 370 g/mol. The fourth-order valence-corrected chi connectivity index (χ4v) is 3.92. The summed E-state index contributed by atoms with van der Waals surface area (Å²) in [5.41, 5.74) is 0.881. The number of rotatable bonds is 5. The van der Waals surface area contributed by atoms with Gasteiger partial charge >= 0.3 is 0 Å². The predicted molar refractivity (Wildman–Crippen MR) is 98.4 cm³/mol. The van der Waals surface area contributed by atoms with Crippen molar-refractivity contribution < 1.29 is 12.8 Å². The van der Waals surface area contributed by atoms with Gasteiger partial charge in [-0.05, 0) is 36.5 Å². The molecule has 6 nitrogen and oxygen atoms in total. The summed E-state index contributed by atoms with van der Waals surface area (Å²) >= 11 is 0. The lowest BCUT2D eigenvalue weighted by Gasteiger charge is -2.31. The van der Waals surface area contributed by atoms with Crippen molar-refractivity contribution in [2.45, 2.75) is 19.4 Å². The first-order valence-corrected chi connectivity index (χ1v) is 10.3. The van der Waals surface area contributed by atoms with Gasteiger partial charge in [-0.1, -0.05) is 12.1 Å². The fourth-order valence-electron chi connectivity index (χ4n) is 3.05. The second-order valence-electron chi connectivity index (χ2n) is 6.52. The van der Waals surface area contributed by atoms with E-state index in [2.05, 4.69) is 10.3 Å². The van der Waals surface area contributed by atoms with Gasteiger partial charge in [0.1, 0.15) is 5.82 Å². The van der Waals surface area contributed by atoms with Gasteiger partial charge in [-0.25, -0.2) is 17.1 Å². The number of hydrogen-bond acceptors (Lipinski definition) is 3. The Morgan fingerprint density at radius 3 is 2.64 bits per heavy atom. The maximum Gasteiger partial charge on any atom is 0.211 e.